The second-order valence-corrected chi connectivity index (χ2v) is 7.01. The van der Waals surface area contributed by atoms with E-state index in [0.29, 0.717) is 43.1 Å². The standard InChI is InChI=1S/C22H24FN3O3/c1-3-28-19-11-14-10-17-21(16(14)12-20(19)29-8-4-7-27)25-26-22(17)24-15-5-6-18(23)13(2)9-15/h5-6,9,11-12,27H,3-4,7-8,10H2,1-2H3,(H2,24,25,26). The van der Waals surface area contributed by atoms with E-state index in [0.717, 1.165) is 33.9 Å². The summed E-state index contributed by atoms with van der Waals surface area (Å²) < 4.78 is 25.1. The maximum Gasteiger partial charge on any atom is 0.161 e. The smallest absolute Gasteiger partial charge is 0.161 e. The fourth-order valence-corrected chi connectivity index (χ4v) is 3.52. The van der Waals surface area contributed by atoms with Crippen molar-refractivity contribution in [2.45, 2.75) is 26.7 Å². The van der Waals surface area contributed by atoms with Gasteiger partial charge >= 0.3 is 0 Å². The van der Waals surface area contributed by atoms with Crippen LogP contribution in [0.25, 0.3) is 11.3 Å². The number of aromatic nitrogens is 2. The summed E-state index contributed by atoms with van der Waals surface area (Å²) in [6.45, 7) is 4.71. The van der Waals surface area contributed by atoms with Crippen molar-refractivity contribution in [1.29, 1.82) is 0 Å². The minimum atomic E-state index is -0.229. The number of ether oxygens (including phenoxy) is 2. The van der Waals surface area contributed by atoms with Crippen molar-refractivity contribution in [3.63, 3.8) is 0 Å². The number of fused-ring (bicyclic) bond motifs is 3. The van der Waals surface area contributed by atoms with Gasteiger partial charge in [-0.25, -0.2) is 4.39 Å². The highest BCUT2D eigenvalue weighted by molar-refractivity contribution is 5.81. The molecule has 1 heterocycles. The molecule has 0 atom stereocenters. The van der Waals surface area contributed by atoms with Crippen molar-refractivity contribution in [3.05, 3.63) is 52.8 Å². The normalized spacial score (nSPS) is 11.9. The lowest BCUT2D eigenvalue weighted by molar-refractivity contribution is 0.225. The van der Waals surface area contributed by atoms with Gasteiger partial charge in [-0.15, -0.1) is 0 Å². The third kappa shape index (κ3) is 3.78. The molecule has 0 aliphatic heterocycles. The van der Waals surface area contributed by atoms with Gasteiger partial charge in [-0.2, -0.15) is 5.10 Å². The summed E-state index contributed by atoms with van der Waals surface area (Å²) in [5.41, 5.74) is 5.52. The Labute approximate surface area is 168 Å². The average molecular weight is 397 g/mol. The van der Waals surface area contributed by atoms with Crippen LogP contribution in [0.4, 0.5) is 15.9 Å². The molecule has 0 unspecified atom stereocenters. The van der Waals surface area contributed by atoms with Crippen LogP contribution in [0.3, 0.4) is 0 Å². The van der Waals surface area contributed by atoms with E-state index in [1.807, 2.05) is 19.1 Å². The van der Waals surface area contributed by atoms with Gasteiger partial charge in [-0.3, -0.25) is 5.10 Å². The van der Waals surface area contributed by atoms with Crippen LogP contribution < -0.4 is 14.8 Å². The predicted octanol–water partition coefficient (Wildman–Crippen LogP) is 4.33. The first-order chi connectivity index (χ1) is 14.1. The van der Waals surface area contributed by atoms with E-state index >= 15 is 0 Å². The molecule has 1 aliphatic rings. The van der Waals surface area contributed by atoms with Gasteiger partial charge in [0.05, 0.1) is 18.9 Å². The minimum absolute atomic E-state index is 0.0808. The largest absolute Gasteiger partial charge is 0.490 e. The Kier molecular flexibility index (Phi) is 5.40. The minimum Gasteiger partial charge on any atom is -0.490 e. The maximum atomic E-state index is 13.5. The summed E-state index contributed by atoms with van der Waals surface area (Å²) in [6, 6.07) is 8.88. The molecule has 4 rings (SSSR count). The molecule has 3 aromatic rings. The first-order valence-corrected chi connectivity index (χ1v) is 9.74. The highest BCUT2D eigenvalue weighted by Gasteiger charge is 2.27. The number of benzene rings is 2. The van der Waals surface area contributed by atoms with Crippen LogP contribution in [0.5, 0.6) is 11.5 Å². The van der Waals surface area contributed by atoms with Gasteiger partial charge in [0, 0.05) is 36.3 Å². The second-order valence-electron chi connectivity index (χ2n) is 7.01. The summed E-state index contributed by atoms with van der Waals surface area (Å²) in [5, 5.41) is 19.8. The second kappa shape index (κ2) is 8.13. The van der Waals surface area contributed by atoms with Gasteiger partial charge in [-0.05, 0) is 55.3 Å². The molecule has 0 saturated heterocycles. The molecule has 152 valence electrons. The van der Waals surface area contributed by atoms with Gasteiger partial charge in [0.1, 0.15) is 5.82 Å². The number of aryl methyl sites for hydroxylation is 1. The Morgan fingerprint density at radius 2 is 2.03 bits per heavy atom. The van der Waals surface area contributed by atoms with Gasteiger partial charge in [0.25, 0.3) is 0 Å². The Morgan fingerprint density at radius 3 is 2.79 bits per heavy atom. The monoisotopic (exact) mass is 397 g/mol. The zero-order chi connectivity index (χ0) is 20.4. The molecule has 29 heavy (non-hydrogen) atoms. The molecule has 0 amide bonds. The topological polar surface area (TPSA) is 79.4 Å². The van der Waals surface area contributed by atoms with Gasteiger partial charge in [-0.1, -0.05) is 0 Å². The van der Waals surface area contributed by atoms with Crippen molar-refractivity contribution in [3.8, 4) is 22.8 Å². The number of aliphatic hydroxyl groups excluding tert-OH is 1. The molecule has 0 saturated carbocycles. The highest BCUT2D eigenvalue weighted by atomic mass is 19.1. The third-order valence-electron chi connectivity index (χ3n) is 4.95. The van der Waals surface area contributed by atoms with E-state index in [-0.39, 0.29) is 12.4 Å². The Morgan fingerprint density at radius 1 is 1.21 bits per heavy atom. The number of anilines is 2. The van der Waals surface area contributed by atoms with Gasteiger partial charge in [0.2, 0.25) is 0 Å². The number of aliphatic hydroxyl groups is 1. The molecule has 6 nitrogen and oxygen atoms in total. The Balaban J connectivity index is 1.63. The average Bonchev–Trinajstić information content (AvgIpc) is 3.25. The van der Waals surface area contributed by atoms with E-state index in [4.69, 9.17) is 14.6 Å². The lowest BCUT2D eigenvalue weighted by Gasteiger charge is -2.14. The van der Waals surface area contributed by atoms with E-state index in [2.05, 4.69) is 15.5 Å². The van der Waals surface area contributed by atoms with Crippen LogP contribution in [-0.4, -0.2) is 35.1 Å². The predicted molar refractivity (Wildman–Crippen MR) is 110 cm³/mol. The quantitative estimate of drug-likeness (QED) is 0.386. The summed E-state index contributed by atoms with van der Waals surface area (Å²) in [5.74, 6) is 1.85. The Hall–Kier alpha value is -3.06. The van der Waals surface area contributed by atoms with Crippen LogP contribution >= 0.6 is 0 Å². The molecule has 0 bridgehead atoms. The molecular formula is C22H24FN3O3. The first kappa shape index (κ1) is 19.3. The lowest BCUT2D eigenvalue weighted by atomic mass is 10.1. The number of halogens is 1. The number of aromatic amines is 1. The van der Waals surface area contributed by atoms with Crippen LogP contribution in [0.2, 0.25) is 0 Å². The van der Waals surface area contributed by atoms with Crippen molar-refractivity contribution >= 4 is 11.5 Å². The van der Waals surface area contributed by atoms with Crippen LogP contribution in [0.1, 0.15) is 30.0 Å². The molecule has 7 heteroatoms. The SMILES string of the molecule is CCOc1cc2c(cc1OCCCO)-c1[nH]nc(Nc3ccc(F)c(C)c3)c1C2. The van der Waals surface area contributed by atoms with Crippen LogP contribution in [-0.2, 0) is 6.42 Å². The van der Waals surface area contributed by atoms with Crippen LogP contribution in [0.15, 0.2) is 30.3 Å². The summed E-state index contributed by atoms with van der Waals surface area (Å²) in [7, 11) is 0. The molecular weight excluding hydrogens is 373 g/mol. The number of H-pyrrole nitrogens is 1. The van der Waals surface area contributed by atoms with E-state index < -0.39 is 0 Å². The fourth-order valence-electron chi connectivity index (χ4n) is 3.52. The fraction of sp³-hybridized carbons (Fsp3) is 0.318. The van der Waals surface area contributed by atoms with E-state index in [1.54, 1.807) is 19.1 Å². The van der Waals surface area contributed by atoms with Gasteiger partial charge in [0.15, 0.2) is 17.3 Å². The molecule has 0 spiro atoms. The van der Waals surface area contributed by atoms with Crippen molar-refractivity contribution < 1.29 is 19.0 Å². The van der Waals surface area contributed by atoms with E-state index in [9.17, 15) is 4.39 Å². The number of rotatable bonds is 8. The maximum absolute atomic E-state index is 13.5. The van der Waals surface area contributed by atoms with E-state index in [1.165, 1.54) is 6.07 Å². The molecule has 3 N–H and O–H groups in total. The molecule has 1 aliphatic carbocycles. The van der Waals surface area contributed by atoms with Gasteiger partial charge < -0.3 is 19.9 Å². The number of hydrogen-bond acceptors (Lipinski definition) is 5. The van der Waals surface area contributed by atoms with Crippen molar-refractivity contribution in [1.82, 2.24) is 10.2 Å². The number of hydrogen-bond donors (Lipinski definition) is 3. The third-order valence-corrected chi connectivity index (χ3v) is 4.95. The lowest BCUT2D eigenvalue weighted by Crippen LogP contribution is -2.03. The summed E-state index contributed by atoms with van der Waals surface area (Å²) >= 11 is 0. The molecule has 1 aromatic heterocycles. The zero-order valence-corrected chi connectivity index (χ0v) is 16.5. The molecule has 2 aromatic carbocycles. The highest BCUT2D eigenvalue weighted by Crippen LogP contribution is 2.44. The first-order valence-electron chi connectivity index (χ1n) is 9.74. The van der Waals surface area contributed by atoms with Crippen molar-refractivity contribution in [2.75, 3.05) is 25.1 Å². The molecule has 0 fully saturated rings. The Bertz CT molecular complexity index is 1030. The molecule has 0 radical (unpaired) electrons. The zero-order valence-electron chi connectivity index (χ0n) is 16.5. The number of nitrogens with one attached hydrogen (secondary N) is 2. The number of nitrogens with zero attached hydrogens (tertiary/aromatic N) is 1. The summed E-state index contributed by atoms with van der Waals surface area (Å²) in [4.78, 5) is 0. The van der Waals surface area contributed by atoms with Crippen LogP contribution in [0, 0.1) is 12.7 Å². The summed E-state index contributed by atoms with van der Waals surface area (Å²) in [6.07, 6.45) is 1.27. The van der Waals surface area contributed by atoms with Crippen molar-refractivity contribution in [2.24, 2.45) is 0 Å².